The summed E-state index contributed by atoms with van der Waals surface area (Å²) in [4.78, 5) is 0. The van der Waals surface area contributed by atoms with E-state index in [9.17, 15) is 17.6 Å². The first-order valence-corrected chi connectivity index (χ1v) is 13.6. The normalized spacial score (nSPS) is 11.0. The molecule has 0 fully saturated rings. The van der Waals surface area contributed by atoms with E-state index < -0.39 is 23.3 Å². The molecule has 214 valence electrons. The smallest absolute Gasteiger partial charge is 0.191 e. The van der Waals surface area contributed by atoms with Crippen molar-refractivity contribution in [2.75, 3.05) is 0 Å². The van der Waals surface area contributed by atoms with Crippen molar-refractivity contribution in [3.8, 4) is 33.8 Å². The molecular weight excluding hydrogens is 540 g/mol. The van der Waals surface area contributed by atoms with Gasteiger partial charge in [0.25, 0.3) is 0 Å². The monoisotopic (exact) mass is 570 g/mol. The van der Waals surface area contributed by atoms with E-state index in [1.54, 1.807) is 6.92 Å². The van der Waals surface area contributed by atoms with Crippen LogP contribution in [-0.2, 0) is 13.2 Å². The number of rotatable bonds is 8. The van der Waals surface area contributed by atoms with Crippen molar-refractivity contribution >= 4 is 0 Å². The van der Waals surface area contributed by atoms with Crippen molar-refractivity contribution in [1.29, 1.82) is 0 Å². The van der Waals surface area contributed by atoms with E-state index in [0.29, 0.717) is 11.1 Å². The average molecular weight is 571 g/mol. The Hall–Kier alpha value is -4.58. The summed E-state index contributed by atoms with van der Waals surface area (Å²) in [5, 5.41) is 0. The van der Waals surface area contributed by atoms with Gasteiger partial charge in [-0.15, -0.1) is 0 Å². The third-order valence-electron chi connectivity index (χ3n) is 7.18. The number of benzene rings is 5. The van der Waals surface area contributed by atoms with Gasteiger partial charge in [0.15, 0.2) is 29.0 Å². The summed E-state index contributed by atoms with van der Waals surface area (Å²) in [6.07, 6.45) is 0. The molecule has 42 heavy (non-hydrogen) atoms. The summed E-state index contributed by atoms with van der Waals surface area (Å²) in [5.41, 5.74) is 9.02. The standard InChI is InChI=1S/C36H30F4O2/c1-21-13-33(39)36(34(40)14-21)42-19-25-5-8-27(9-6-25)28-10-11-30(22(2)15-28)29-16-23(3)35(24(4)17-29)41-20-26-7-12-31(37)32(38)18-26/h5-18H,19-20H2,1-4H3. The highest BCUT2D eigenvalue weighted by Crippen LogP contribution is 2.34. The molecule has 5 rings (SSSR count). The molecule has 0 spiro atoms. The first kappa shape index (κ1) is 28.9. The largest absolute Gasteiger partial charge is 0.488 e. The van der Waals surface area contributed by atoms with Crippen molar-refractivity contribution < 1.29 is 27.0 Å². The van der Waals surface area contributed by atoms with Gasteiger partial charge in [0, 0.05) is 0 Å². The highest BCUT2D eigenvalue weighted by atomic mass is 19.2. The summed E-state index contributed by atoms with van der Waals surface area (Å²) < 4.78 is 66.4. The van der Waals surface area contributed by atoms with E-state index in [1.165, 1.54) is 18.2 Å². The molecule has 0 aliphatic rings. The van der Waals surface area contributed by atoms with Gasteiger partial charge in [0.05, 0.1) is 0 Å². The minimum absolute atomic E-state index is 0.0499. The topological polar surface area (TPSA) is 18.5 Å². The molecule has 0 N–H and O–H groups in total. The zero-order chi connectivity index (χ0) is 30.0. The van der Waals surface area contributed by atoms with E-state index in [4.69, 9.17) is 9.47 Å². The zero-order valence-electron chi connectivity index (χ0n) is 23.8. The lowest BCUT2D eigenvalue weighted by molar-refractivity contribution is 0.274. The predicted octanol–water partition coefficient (Wildman–Crippen LogP) is 9.97. The Balaban J connectivity index is 1.28. The molecule has 0 heterocycles. The molecule has 5 aromatic carbocycles. The number of ether oxygens (including phenoxy) is 2. The highest BCUT2D eigenvalue weighted by Gasteiger charge is 2.13. The molecule has 0 bridgehead atoms. The lowest BCUT2D eigenvalue weighted by atomic mass is 9.93. The Morgan fingerprint density at radius 2 is 1.00 bits per heavy atom. The van der Waals surface area contributed by atoms with Crippen LogP contribution in [0.1, 0.15) is 33.4 Å². The number of halogens is 4. The van der Waals surface area contributed by atoms with Crippen LogP contribution < -0.4 is 9.47 Å². The molecule has 0 aliphatic carbocycles. The van der Waals surface area contributed by atoms with E-state index in [1.807, 2.05) is 38.1 Å². The number of hydrogen-bond acceptors (Lipinski definition) is 2. The minimum atomic E-state index is -0.893. The summed E-state index contributed by atoms with van der Waals surface area (Å²) in [6, 6.07) is 24.3. The lowest BCUT2D eigenvalue weighted by Gasteiger charge is -2.16. The van der Waals surface area contributed by atoms with Gasteiger partial charge >= 0.3 is 0 Å². The maximum Gasteiger partial charge on any atom is 0.191 e. The van der Waals surface area contributed by atoms with Gasteiger partial charge in [0.1, 0.15) is 19.0 Å². The Kier molecular flexibility index (Phi) is 8.34. The lowest BCUT2D eigenvalue weighted by Crippen LogP contribution is -2.01. The van der Waals surface area contributed by atoms with Crippen molar-refractivity contribution in [3.63, 3.8) is 0 Å². The maximum absolute atomic E-state index is 14.1. The summed E-state index contributed by atoms with van der Waals surface area (Å²) >= 11 is 0. The Labute approximate surface area is 243 Å². The van der Waals surface area contributed by atoms with Gasteiger partial charge in [-0.25, -0.2) is 17.6 Å². The molecule has 0 atom stereocenters. The summed E-state index contributed by atoms with van der Waals surface area (Å²) in [5.74, 6) is -2.86. The van der Waals surface area contributed by atoms with E-state index in [2.05, 4.69) is 37.3 Å². The fourth-order valence-electron chi connectivity index (χ4n) is 5.06. The molecule has 0 saturated carbocycles. The van der Waals surface area contributed by atoms with Crippen LogP contribution in [0.2, 0.25) is 0 Å². The Morgan fingerprint density at radius 3 is 1.62 bits per heavy atom. The maximum atomic E-state index is 14.1. The molecule has 0 aliphatic heterocycles. The van der Waals surface area contributed by atoms with Crippen LogP contribution in [0.25, 0.3) is 22.3 Å². The van der Waals surface area contributed by atoms with Crippen LogP contribution in [0.15, 0.2) is 84.9 Å². The second-order valence-corrected chi connectivity index (χ2v) is 10.5. The summed E-state index contributed by atoms with van der Waals surface area (Å²) in [7, 11) is 0. The van der Waals surface area contributed by atoms with Gasteiger partial charge in [-0.1, -0.05) is 48.5 Å². The minimum Gasteiger partial charge on any atom is -0.488 e. The molecule has 0 saturated heterocycles. The molecule has 5 aromatic rings. The SMILES string of the molecule is Cc1cc(F)c(OCc2ccc(-c3ccc(-c4cc(C)c(OCc5ccc(F)c(F)c5)c(C)c4)c(C)c3)cc2)c(F)c1. The Bertz CT molecular complexity index is 1710. The molecule has 0 radical (unpaired) electrons. The molecule has 0 amide bonds. The predicted molar refractivity (Wildman–Crippen MR) is 158 cm³/mol. The first-order chi connectivity index (χ1) is 20.1. The second-order valence-electron chi connectivity index (χ2n) is 10.5. The zero-order valence-corrected chi connectivity index (χ0v) is 23.8. The van der Waals surface area contributed by atoms with E-state index in [0.717, 1.165) is 62.4 Å². The van der Waals surface area contributed by atoms with Gasteiger partial charge in [-0.2, -0.15) is 0 Å². The second kappa shape index (κ2) is 12.1. The van der Waals surface area contributed by atoms with Crippen molar-refractivity contribution in [2.24, 2.45) is 0 Å². The van der Waals surface area contributed by atoms with Gasteiger partial charge < -0.3 is 9.47 Å². The van der Waals surface area contributed by atoms with Crippen molar-refractivity contribution in [2.45, 2.75) is 40.9 Å². The summed E-state index contributed by atoms with van der Waals surface area (Å²) in [6.45, 7) is 7.80. The number of aryl methyl sites for hydroxylation is 4. The van der Waals surface area contributed by atoms with Crippen LogP contribution in [0.3, 0.4) is 0 Å². The molecule has 6 heteroatoms. The Morgan fingerprint density at radius 1 is 0.452 bits per heavy atom. The van der Waals surface area contributed by atoms with Gasteiger partial charge in [-0.05, 0) is 120 Å². The third kappa shape index (κ3) is 6.33. The van der Waals surface area contributed by atoms with Gasteiger partial charge in [-0.3, -0.25) is 0 Å². The quantitative estimate of drug-likeness (QED) is 0.173. The molecular formula is C36H30F4O2. The average Bonchev–Trinajstić information content (AvgIpc) is 2.94. The molecule has 0 unspecified atom stereocenters. The fraction of sp³-hybridized carbons (Fsp3) is 0.167. The highest BCUT2D eigenvalue weighted by molar-refractivity contribution is 5.75. The number of hydrogen-bond donors (Lipinski definition) is 0. The fourth-order valence-corrected chi connectivity index (χ4v) is 5.06. The molecule has 0 aromatic heterocycles. The van der Waals surface area contributed by atoms with E-state index in [-0.39, 0.29) is 19.0 Å². The van der Waals surface area contributed by atoms with E-state index >= 15 is 0 Å². The first-order valence-electron chi connectivity index (χ1n) is 13.6. The van der Waals surface area contributed by atoms with Crippen molar-refractivity contribution in [3.05, 3.63) is 142 Å². The van der Waals surface area contributed by atoms with Crippen LogP contribution in [-0.4, -0.2) is 0 Å². The van der Waals surface area contributed by atoms with Crippen LogP contribution in [0, 0.1) is 51.0 Å². The van der Waals surface area contributed by atoms with Crippen LogP contribution >= 0.6 is 0 Å². The van der Waals surface area contributed by atoms with Crippen LogP contribution in [0.4, 0.5) is 17.6 Å². The van der Waals surface area contributed by atoms with Gasteiger partial charge in [0.2, 0.25) is 0 Å². The third-order valence-corrected chi connectivity index (χ3v) is 7.18. The van der Waals surface area contributed by atoms with Crippen LogP contribution in [0.5, 0.6) is 11.5 Å². The molecule has 2 nitrogen and oxygen atoms in total. The van der Waals surface area contributed by atoms with Crippen molar-refractivity contribution in [1.82, 2.24) is 0 Å².